The first-order valence-electron chi connectivity index (χ1n) is 9.52. The monoisotopic (exact) mass is 398 g/mol. The highest BCUT2D eigenvalue weighted by atomic mass is 35.5. The molecule has 0 saturated carbocycles. The Kier molecular flexibility index (Phi) is 5.50. The molecule has 0 spiro atoms. The van der Waals surface area contributed by atoms with Crippen molar-refractivity contribution in [3.05, 3.63) is 64.7 Å². The van der Waals surface area contributed by atoms with E-state index in [9.17, 15) is 9.59 Å². The zero-order valence-electron chi connectivity index (χ0n) is 15.6. The average molecular weight is 399 g/mol. The molecule has 0 aromatic heterocycles. The summed E-state index contributed by atoms with van der Waals surface area (Å²) in [5, 5.41) is 3.53. The minimum atomic E-state index is -0.0871. The zero-order chi connectivity index (χ0) is 19.5. The number of carbonyl (C=O) groups excluding carboxylic acids is 2. The fraction of sp³-hybridized carbons (Fsp3) is 0.333. The molecule has 1 N–H and O–H groups in total. The van der Waals surface area contributed by atoms with E-state index in [2.05, 4.69) is 10.2 Å². The molecule has 0 aliphatic carbocycles. The first-order valence-corrected chi connectivity index (χ1v) is 9.89. The minimum absolute atomic E-state index is 0.0450. The Balaban J connectivity index is 1.32. The summed E-state index contributed by atoms with van der Waals surface area (Å²) in [6.07, 6.45) is 0. The van der Waals surface area contributed by atoms with Crippen molar-refractivity contribution < 1.29 is 9.59 Å². The highest BCUT2D eigenvalue weighted by Crippen LogP contribution is 2.19. The van der Waals surface area contributed by atoms with Crippen molar-refractivity contribution in [2.45, 2.75) is 6.54 Å². The third-order valence-corrected chi connectivity index (χ3v) is 5.51. The number of piperazine rings is 1. The van der Waals surface area contributed by atoms with Crippen LogP contribution in [0.5, 0.6) is 0 Å². The second kappa shape index (κ2) is 8.20. The lowest BCUT2D eigenvalue weighted by Crippen LogP contribution is -2.48. The van der Waals surface area contributed by atoms with Gasteiger partial charge in [-0.05, 0) is 42.0 Å². The number of benzene rings is 2. The third kappa shape index (κ3) is 4.13. The van der Waals surface area contributed by atoms with Crippen LogP contribution >= 0.6 is 11.6 Å². The Morgan fingerprint density at radius 1 is 0.929 bits per heavy atom. The molecule has 2 aromatic rings. The summed E-state index contributed by atoms with van der Waals surface area (Å²) < 4.78 is 0. The van der Waals surface area contributed by atoms with Gasteiger partial charge in [-0.25, -0.2) is 4.79 Å². The Labute approximate surface area is 169 Å². The smallest absolute Gasteiger partial charge is 0.321 e. The maximum Gasteiger partial charge on any atom is 0.321 e. The number of rotatable bonds is 4. The lowest BCUT2D eigenvalue weighted by molar-refractivity contribution is 0.0628. The van der Waals surface area contributed by atoms with E-state index in [4.69, 9.17) is 11.6 Å². The predicted molar refractivity (Wildman–Crippen MR) is 110 cm³/mol. The largest absolute Gasteiger partial charge is 0.336 e. The number of nitrogens with zero attached hydrogens (tertiary/aromatic N) is 3. The van der Waals surface area contributed by atoms with Crippen molar-refractivity contribution in [1.82, 2.24) is 15.1 Å². The predicted octanol–water partition coefficient (Wildman–Crippen LogP) is 2.83. The zero-order valence-corrected chi connectivity index (χ0v) is 16.4. The molecule has 0 atom stereocenters. The summed E-state index contributed by atoms with van der Waals surface area (Å²) in [5.41, 5.74) is 2.71. The van der Waals surface area contributed by atoms with Gasteiger partial charge in [-0.3, -0.25) is 14.6 Å². The molecule has 7 heteroatoms. The number of hydrogen-bond donors (Lipinski definition) is 1. The number of hydrogen-bond acceptors (Lipinski definition) is 3. The van der Waals surface area contributed by atoms with Gasteiger partial charge in [-0.1, -0.05) is 23.7 Å². The van der Waals surface area contributed by atoms with Gasteiger partial charge < -0.3 is 10.2 Å². The van der Waals surface area contributed by atoms with Gasteiger partial charge in [0.15, 0.2) is 0 Å². The Bertz CT molecular complexity index is 846. The molecular weight excluding hydrogens is 376 g/mol. The lowest BCUT2D eigenvalue weighted by Gasteiger charge is -2.34. The van der Waals surface area contributed by atoms with E-state index in [-0.39, 0.29) is 11.9 Å². The van der Waals surface area contributed by atoms with Crippen LogP contribution in [0.2, 0.25) is 5.02 Å². The Morgan fingerprint density at radius 2 is 1.61 bits per heavy atom. The third-order valence-electron chi connectivity index (χ3n) is 5.26. The summed E-state index contributed by atoms with van der Waals surface area (Å²) in [7, 11) is 0. The van der Waals surface area contributed by atoms with Crippen LogP contribution in [0.25, 0.3) is 0 Å². The highest BCUT2D eigenvalue weighted by Gasteiger charge is 2.24. The van der Waals surface area contributed by atoms with Crippen LogP contribution in [-0.4, -0.2) is 61.0 Å². The molecule has 0 bridgehead atoms. The van der Waals surface area contributed by atoms with E-state index in [0.29, 0.717) is 31.7 Å². The number of amides is 3. The van der Waals surface area contributed by atoms with Crippen LogP contribution < -0.4 is 10.2 Å². The molecule has 0 unspecified atom stereocenters. The van der Waals surface area contributed by atoms with E-state index in [1.807, 2.05) is 53.4 Å². The van der Waals surface area contributed by atoms with Crippen molar-refractivity contribution in [3.63, 3.8) is 0 Å². The lowest BCUT2D eigenvalue weighted by atomic mass is 10.1. The molecule has 0 radical (unpaired) electrons. The van der Waals surface area contributed by atoms with Crippen molar-refractivity contribution >= 4 is 29.2 Å². The molecule has 146 valence electrons. The number of carbonyl (C=O) groups is 2. The van der Waals surface area contributed by atoms with Crippen molar-refractivity contribution in [2.24, 2.45) is 0 Å². The highest BCUT2D eigenvalue weighted by molar-refractivity contribution is 6.30. The first kappa shape index (κ1) is 18.8. The van der Waals surface area contributed by atoms with Gasteiger partial charge in [0.1, 0.15) is 0 Å². The average Bonchev–Trinajstić information content (AvgIpc) is 3.16. The standard InChI is InChI=1S/C21H23ClN4O2/c22-18-5-1-16(2-6-18)15-24-11-13-25(14-12-24)20(27)17-3-7-19(8-4-17)26-10-9-23-21(26)28/h1-8H,9-15H2,(H,23,28). The molecule has 2 aromatic carbocycles. The van der Waals surface area contributed by atoms with Gasteiger partial charge >= 0.3 is 6.03 Å². The fourth-order valence-corrected chi connectivity index (χ4v) is 3.77. The summed E-state index contributed by atoms with van der Waals surface area (Å²) in [5.74, 6) is 0.0450. The summed E-state index contributed by atoms with van der Waals surface area (Å²) in [6.45, 7) is 5.29. The Hall–Kier alpha value is -2.57. The topological polar surface area (TPSA) is 55.9 Å². The van der Waals surface area contributed by atoms with E-state index in [0.717, 1.165) is 30.3 Å². The van der Waals surface area contributed by atoms with Crippen molar-refractivity contribution in [2.75, 3.05) is 44.2 Å². The minimum Gasteiger partial charge on any atom is -0.336 e. The molecule has 2 heterocycles. The number of halogens is 1. The first-order chi connectivity index (χ1) is 13.6. The summed E-state index contributed by atoms with van der Waals surface area (Å²) >= 11 is 5.94. The number of anilines is 1. The molecule has 2 saturated heterocycles. The summed E-state index contributed by atoms with van der Waals surface area (Å²) in [6, 6.07) is 15.1. The van der Waals surface area contributed by atoms with Gasteiger partial charge in [0.2, 0.25) is 0 Å². The molecule has 2 aliphatic heterocycles. The molecular formula is C21H23ClN4O2. The molecule has 3 amide bonds. The van der Waals surface area contributed by atoms with Gasteiger partial charge in [-0.15, -0.1) is 0 Å². The van der Waals surface area contributed by atoms with E-state index in [1.165, 1.54) is 5.56 Å². The quantitative estimate of drug-likeness (QED) is 0.861. The second-order valence-electron chi connectivity index (χ2n) is 7.13. The molecule has 2 fully saturated rings. The molecule has 2 aliphatic rings. The van der Waals surface area contributed by atoms with Crippen LogP contribution in [0.4, 0.5) is 10.5 Å². The van der Waals surface area contributed by atoms with Gasteiger partial charge in [0.25, 0.3) is 5.91 Å². The Morgan fingerprint density at radius 3 is 2.21 bits per heavy atom. The van der Waals surface area contributed by atoms with E-state index < -0.39 is 0 Å². The normalized spacial score (nSPS) is 17.7. The van der Waals surface area contributed by atoms with Crippen LogP contribution in [0.1, 0.15) is 15.9 Å². The van der Waals surface area contributed by atoms with Crippen LogP contribution in [0, 0.1) is 0 Å². The molecule has 28 heavy (non-hydrogen) atoms. The number of urea groups is 1. The van der Waals surface area contributed by atoms with E-state index >= 15 is 0 Å². The maximum absolute atomic E-state index is 12.8. The molecule has 6 nitrogen and oxygen atoms in total. The van der Waals surface area contributed by atoms with Gasteiger partial charge in [0.05, 0.1) is 0 Å². The molecule has 4 rings (SSSR count). The van der Waals surface area contributed by atoms with Crippen molar-refractivity contribution in [3.8, 4) is 0 Å². The van der Waals surface area contributed by atoms with Crippen molar-refractivity contribution in [1.29, 1.82) is 0 Å². The van der Waals surface area contributed by atoms with Gasteiger partial charge in [-0.2, -0.15) is 0 Å². The fourth-order valence-electron chi connectivity index (χ4n) is 3.64. The number of nitrogens with one attached hydrogen (secondary N) is 1. The van der Waals surface area contributed by atoms with Gasteiger partial charge in [0, 0.05) is 62.1 Å². The van der Waals surface area contributed by atoms with Crippen LogP contribution in [0.3, 0.4) is 0 Å². The summed E-state index contributed by atoms with van der Waals surface area (Å²) in [4.78, 5) is 30.5. The SMILES string of the molecule is O=C(c1ccc(N2CCNC2=O)cc1)N1CCN(Cc2ccc(Cl)cc2)CC1. The van der Waals surface area contributed by atoms with Crippen LogP contribution in [0.15, 0.2) is 48.5 Å². The maximum atomic E-state index is 12.8. The van der Waals surface area contributed by atoms with E-state index in [1.54, 1.807) is 4.90 Å². The van der Waals surface area contributed by atoms with Crippen LogP contribution in [-0.2, 0) is 6.54 Å². The second-order valence-corrected chi connectivity index (χ2v) is 7.56.